The number of rotatable bonds is 0. The number of nitrogens with one attached hydrogen (secondary N) is 1. The maximum absolute atomic E-state index is 3.16. The summed E-state index contributed by atoms with van der Waals surface area (Å²) in [6.45, 7) is 4.00. The van der Waals surface area contributed by atoms with Crippen molar-refractivity contribution in [2.24, 2.45) is 0 Å². The Morgan fingerprint density at radius 3 is 2.83 bits per heavy atom. The van der Waals surface area contributed by atoms with E-state index in [1.54, 1.807) is 0 Å². The molecule has 66 valence electrons. The first-order valence-corrected chi connectivity index (χ1v) is 4.47. The summed E-state index contributed by atoms with van der Waals surface area (Å²) in [5.74, 6) is 0. The van der Waals surface area contributed by atoms with E-state index in [1.165, 1.54) is 11.3 Å². The molecule has 0 fully saturated rings. The minimum absolute atomic E-state index is 0. The van der Waals surface area contributed by atoms with Gasteiger partial charge >= 0.3 is 0 Å². The number of hydrogen-bond donors (Lipinski definition) is 1. The number of allylic oxidation sites excluding steroid dienone is 2. The SMILES string of the molecule is C1=Cc2cc[nH]c2C=CC1.CC.[HH]. The van der Waals surface area contributed by atoms with Gasteiger partial charge in [-0.05, 0) is 24.1 Å². The van der Waals surface area contributed by atoms with E-state index in [-0.39, 0.29) is 1.43 Å². The highest BCUT2D eigenvalue weighted by Gasteiger charge is 1.96. The molecule has 0 radical (unpaired) electrons. The molecule has 0 spiro atoms. The van der Waals surface area contributed by atoms with Gasteiger partial charge in [-0.25, -0.2) is 0 Å². The molecule has 0 atom stereocenters. The Hall–Kier alpha value is -1.24. The van der Waals surface area contributed by atoms with Crippen molar-refractivity contribution in [2.75, 3.05) is 0 Å². The Morgan fingerprint density at radius 2 is 2.00 bits per heavy atom. The van der Waals surface area contributed by atoms with E-state index in [4.69, 9.17) is 0 Å². The molecule has 1 aliphatic carbocycles. The number of aromatic amines is 1. The van der Waals surface area contributed by atoms with E-state index in [0.717, 1.165) is 6.42 Å². The van der Waals surface area contributed by atoms with Crippen LogP contribution < -0.4 is 0 Å². The first-order chi connectivity index (χ1) is 5.97. The molecule has 0 amide bonds. The van der Waals surface area contributed by atoms with Gasteiger partial charge in [-0.1, -0.05) is 32.1 Å². The van der Waals surface area contributed by atoms with Crippen LogP contribution in [0.5, 0.6) is 0 Å². The first kappa shape index (κ1) is 8.85. The molecule has 1 aromatic heterocycles. The molecule has 0 saturated carbocycles. The Labute approximate surface area is 75.3 Å². The van der Waals surface area contributed by atoms with Gasteiger partial charge in [0, 0.05) is 13.3 Å². The van der Waals surface area contributed by atoms with Gasteiger partial charge in [-0.2, -0.15) is 0 Å². The quantitative estimate of drug-likeness (QED) is 0.600. The lowest BCUT2D eigenvalue weighted by atomic mass is 10.2. The monoisotopic (exact) mass is 163 g/mol. The van der Waals surface area contributed by atoms with Gasteiger partial charge in [-0.3, -0.25) is 0 Å². The molecular weight excluding hydrogens is 146 g/mol. The molecule has 0 bridgehead atoms. The van der Waals surface area contributed by atoms with Crippen molar-refractivity contribution in [3.05, 3.63) is 35.7 Å². The predicted molar refractivity (Wildman–Crippen MR) is 56.9 cm³/mol. The lowest BCUT2D eigenvalue weighted by Crippen LogP contribution is -1.71. The molecule has 0 aromatic carbocycles. The van der Waals surface area contributed by atoms with Crippen molar-refractivity contribution in [1.82, 2.24) is 4.98 Å². The summed E-state index contributed by atoms with van der Waals surface area (Å²) in [5, 5.41) is 0. The second kappa shape index (κ2) is 4.60. The molecule has 1 heteroatoms. The zero-order valence-corrected chi connectivity index (χ0v) is 7.67. The normalized spacial score (nSPS) is 12.8. The number of fused-ring (bicyclic) bond motifs is 1. The third kappa shape index (κ3) is 1.88. The molecule has 0 unspecified atom stereocenters. The average molecular weight is 163 g/mol. The minimum atomic E-state index is 0. The highest BCUT2D eigenvalue weighted by atomic mass is 14.7. The van der Waals surface area contributed by atoms with Gasteiger partial charge in [0.1, 0.15) is 0 Å². The van der Waals surface area contributed by atoms with Gasteiger partial charge in [0.15, 0.2) is 0 Å². The molecule has 0 saturated heterocycles. The van der Waals surface area contributed by atoms with Gasteiger partial charge in [-0.15, -0.1) is 0 Å². The average Bonchev–Trinajstić information content (AvgIpc) is 2.46. The van der Waals surface area contributed by atoms with Gasteiger partial charge in [0.05, 0.1) is 0 Å². The van der Waals surface area contributed by atoms with Crippen LogP contribution in [0.2, 0.25) is 0 Å². The highest BCUT2D eigenvalue weighted by molar-refractivity contribution is 5.64. The molecule has 1 aromatic rings. The van der Waals surface area contributed by atoms with E-state index < -0.39 is 0 Å². The third-order valence-electron chi connectivity index (χ3n) is 1.67. The van der Waals surface area contributed by atoms with Gasteiger partial charge in [0.25, 0.3) is 0 Å². The van der Waals surface area contributed by atoms with Crippen LogP contribution in [0.25, 0.3) is 12.2 Å². The zero-order valence-electron chi connectivity index (χ0n) is 7.67. The van der Waals surface area contributed by atoms with E-state index in [9.17, 15) is 0 Å². The van der Waals surface area contributed by atoms with E-state index in [1.807, 2.05) is 20.0 Å². The highest BCUT2D eigenvalue weighted by Crippen LogP contribution is 2.14. The van der Waals surface area contributed by atoms with Crippen LogP contribution in [0.15, 0.2) is 24.4 Å². The smallest absolute Gasteiger partial charge is 0.0450 e. The number of aromatic nitrogens is 1. The van der Waals surface area contributed by atoms with Crippen molar-refractivity contribution >= 4 is 12.2 Å². The lowest BCUT2D eigenvalue weighted by molar-refractivity contribution is 1.36. The van der Waals surface area contributed by atoms with Crippen LogP contribution in [0.1, 0.15) is 33.0 Å². The van der Waals surface area contributed by atoms with Crippen LogP contribution in [0.3, 0.4) is 0 Å². The topological polar surface area (TPSA) is 15.8 Å². The van der Waals surface area contributed by atoms with E-state index in [0.29, 0.717) is 0 Å². The second-order valence-corrected chi connectivity index (χ2v) is 2.39. The lowest BCUT2D eigenvalue weighted by Gasteiger charge is -1.86. The Bertz CT molecular complexity index is 258. The molecule has 1 aliphatic rings. The first-order valence-electron chi connectivity index (χ1n) is 4.47. The van der Waals surface area contributed by atoms with Crippen molar-refractivity contribution in [3.63, 3.8) is 0 Å². The maximum atomic E-state index is 3.16. The van der Waals surface area contributed by atoms with Crippen molar-refractivity contribution in [3.8, 4) is 0 Å². The van der Waals surface area contributed by atoms with E-state index in [2.05, 4.69) is 35.4 Å². The summed E-state index contributed by atoms with van der Waals surface area (Å²) >= 11 is 0. The Morgan fingerprint density at radius 1 is 1.25 bits per heavy atom. The molecule has 1 nitrogen and oxygen atoms in total. The zero-order chi connectivity index (χ0) is 8.81. The van der Waals surface area contributed by atoms with Crippen molar-refractivity contribution < 1.29 is 1.43 Å². The standard InChI is InChI=1S/C9H9N.C2H6.H2/c1-2-4-8-6-7-10-9(8)5-3-1;1-2;/h2-7,10H,1H2;1-2H3;1H. The van der Waals surface area contributed by atoms with Crippen LogP contribution in [0, 0.1) is 0 Å². The van der Waals surface area contributed by atoms with Gasteiger partial charge in [0.2, 0.25) is 0 Å². The van der Waals surface area contributed by atoms with Crippen molar-refractivity contribution in [1.29, 1.82) is 0 Å². The second-order valence-electron chi connectivity index (χ2n) is 2.39. The number of hydrogen-bond acceptors (Lipinski definition) is 0. The molecule has 2 rings (SSSR count). The number of H-pyrrole nitrogens is 1. The Balaban J connectivity index is 0.000000451. The fourth-order valence-corrected chi connectivity index (χ4v) is 1.14. The third-order valence-corrected chi connectivity index (χ3v) is 1.67. The summed E-state index contributed by atoms with van der Waals surface area (Å²) in [7, 11) is 0. The Kier molecular flexibility index (Phi) is 3.39. The fraction of sp³-hybridized carbons (Fsp3) is 0.273. The van der Waals surface area contributed by atoms with Gasteiger partial charge < -0.3 is 4.98 Å². The minimum Gasteiger partial charge on any atom is -0.361 e. The molecule has 0 aliphatic heterocycles. The van der Waals surface area contributed by atoms with Crippen LogP contribution in [-0.4, -0.2) is 4.98 Å². The summed E-state index contributed by atoms with van der Waals surface area (Å²) in [6, 6.07) is 2.08. The fourth-order valence-electron chi connectivity index (χ4n) is 1.14. The van der Waals surface area contributed by atoms with Crippen LogP contribution in [-0.2, 0) is 0 Å². The summed E-state index contributed by atoms with van der Waals surface area (Å²) in [6.07, 6.45) is 11.6. The maximum Gasteiger partial charge on any atom is 0.0450 e. The molecular formula is C11H17N. The predicted octanol–water partition coefficient (Wildman–Crippen LogP) is 3.72. The van der Waals surface area contributed by atoms with E-state index >= 15 is 0 Å². The summed E-state index contributed by atoms with van der Waals surface area (Å²) in [5.41, 5.74) is 2.50. The largest absolute Gasteiger partial charge is 0.361 e. The molecule has 1 heterocycles. The van der Waals surface area contributed by atoms with Crippen LogP contribution >= 0.6 is 0 Å². The summed E-state index contributed by atoms with van der Waals surface area (Å²) < 4.78 is 0. The van der Waals surface area contributed by atoms with Crippen LogP contribution in [0.4, 0.5) is 0 Å². The molecule has 12 heavy (non-hydrogen) atoms. The molecule has 1 N–H and O–H groups in total. The summed E-state index contributed by atoms with van der Waals surface area (Å²) in [4.78, 5) is 3.16. The van der Waals surface area contributed by atoms with Crippen molar-refractivity contribution in [2.45, 2.75) is 20.3 Å².